The summed E-state index contributed by atoms with van der Waals surface area (Å²) < 4.78 is 0. The van der Waals surface area contributed by atoms with E-state index < -0.39 is 0 Å². The van der Waals surface area contributed by atoms with E-state index in [2.05, 4.69) is 4.99 Å². The van der Waals surface area contributed by atoms with Crippen molar-refractivity contribution in [2.75, 3.05) is 0 Å². The Labute approximate surface area is 93.2 Å². The molecule has 1 heterocycles. The van der Waals surface area contributed by atoms with Gasteiger partial charge in [0.1, 0.15) is 0 Å². The molecule has 0 aliphatic carbocycles. The largest absolute Gasteiger partial charge is 0.258 e. The molecule has 0 saturated heterocycles. The van der Waals surface area contributed by atoms with Crippen molar-refractivity contribution in [3.63, 3.8) is 0 Å². The number of aliphatic imine (C=N–C) groups is 1. The van der Waals surface area contributed by atoms with E-state index in [-0.39, 0.29) is 0 Å². The zero-order chi connectivity index (χ0) is 10.1. The van der Waals surface area contributed by atoms with Gasteiger partial charge in [-0.1, -0.05) is 47.6 Å². The molecule has 1 nitrogen and oxygen atoms in total. The zero-order valence-corrected chi connectivity index (χ0v) is 9.08. The minimum absolute atomic E-state index is 0.794. The van der Waals surface area contributed by atoms with Crippen molar-refractivity contribution in [2.24, 2.45) is 4.99 Å². The quantitative estimate of drug-likeness (QED) is 0.644. The lowest BCUT2D eigenvalue weighted by Gasteiger charge is -1.80. The van der Waals surface area contributed by atoms with Crippen LogP contribution in [0.1, 0.15) is 0 Å². The predicted octanol–water partition coefficient (Wildman–Crippen LogP) is 4.13. The summed E-state index contributed by atoms with van der Waals surface area (Å²) in [4.78, 5) is 3.87. The summed E-state index contributed by atoms with van der Waals surface area (Å²) in [6, 6.07) is 9.44. The number of halogens is 1. The van der Waals surface area contributed by atoms with E-state index in [4.69, 9.17) is 11.6 Å². The predicted molar refractivity (Wildman–Crippen MR) is 65.8 cm³/mol. The first-order valence-electron chi connectivity index (χ1n) is 4.09. The molecule has 1 aliphatic heterocycles. The van der Waals surface area contributed by atoms with E-state index in [1.165, 1.54) is 0 Å². The number of thioether (sulfide) groups is 1. The summed E-state index contributed by atoms with van der Waals surface area (Å²) >= 11 is 7.12. The summed E-state index contributed by atoms with van der Waals surface area (Å²) in [7, 11) is 0. The van der Waals surface area contributed by atoms with Gasteiger partial charge in [0.25, 0.3) is 0 Å². The van der Waals surface area contributed by atoms with Gasteiger partial charge in [-0.3, -0.25) is 4.99 Å². The molecule has 0 N–H and O–H groups in total. The molecule has 3 heteroatoms. The maximum Gasteiger partial charge on any atom is 0.0638 e. The molecule has 0 amide bonds. The van der Waals surface area contributed by atoms with Crippen LogP contribution in [-0.4, -0.2) is 5.55 Å². The number of rotatable bonds is 0. The molecule has 1 aromatic carbocycles. The Bertz CT molecular complexity index is 316. The van der Waals surface area contributed by atoms with Gasteiger partial charge in [0.2, 0.25) is 0 Å². The molecule has 1 aliphatic rings. The number of nitrogens with zero attached hydrogens (tertiary/aromatic N) is 1. The van der Waals surface area contributed by atoms with Crippen molar-refractivity contribution in [1.82, 2.24) is 0 Å². The minimum Gasteiger partial charge on any atom is -0.258 e. The first-order valence-corrected chi connectivity index (χ1v) is 5.41. The highest BCUT2D eigenvalue weighted by Gasteiger charge is 1.75. The first-order chi connectivity index (χ1) is 6.89. The third-order valence-corrected chi connectivity index (χ3v) is 2.10. The van der Waals surface area contributed by atoms with Crippen LogP contribution in [0.5, 0.6) is 0 Å². The molecule has 0 atom stereocenters. The Kier molecular flexibility index (Phi) is 5.87. The molecule has 0 saturated carbocycles. The van der Waals surface area contributed by atoms with Crippen molar-refractivity contribution in [3.8, 4) is 0 Å². The van der Waals surface area contributed by atoms with Crippen LogP contribution < -0.4 is 0 Å². The van der Waals surface area contributed by atoms with Gasteiger partial charge in [-0.25, -0.2) is 0 Å². The van der Waals surface area contributed by atoms with Crippen LogP contribution in [0.2, 0.25) is 5.02 Å². The third kappa shape index (κ3) is 5.62. The van der Waals surface area contributed by atoms with Crippen molar-refractivity contribution in [2.45, 2.75) is 0 Å². The van der Waals surface area contributed by atoms with Crippen LogP contribution in [0, 0.1) is 0 Å². The van der Waals surface area contributed by atoms with Crippen LogP contribution >= 0.6 is 23.4 Å². The highest BCUT2D eigenvalue weighted by Crippen LogP contribution is 2.03. The maximum absolute atomic E-state index is 5.54. The van der Waals surface area contributed by atoms with Crippen LogP contribution in [0.25, 0.3) is 0 Å². The van der Waals surface area contributed by atoms with Gasteiger partial charge < -0.3 is 0 Å². The molecular weight excluding hydrogens is 214 g/mol. The second-order valence-electron chi connectivity index (χ2n) is 2.36. The van der Waals surface area contributed by atoms with Gasteiger partial charge in [0, 0.05) is 11.2 Å². The van der Waals surface area contributed by atoms with Crippen molar-refractivity contribution in [3.05, 3.63) is 59.1 Å². The van der Waals surface area contributed by atoms with Gasteiger partial charge in [-0.2, -0.15) is 0 Å². The number of allylic oxidation sites excluding steroid dienone is 2. The summed E-state index contributed by atoms with van der Waals surface area (Å²) in [5.74, 6) is 0. The zero-order valence-electron chi connectivity index (χ0n) is 7.51. The summed E-state index contributed by atoms with van der Waals surface area (Å²) in [5.41, 5.74) is 1.79. The molecular formula is C11H10ClNS. The Morgan fingerprint density at radius 3 is 2.50 bits per heavy atom. The average molecular weight is 224 g/mol. The molecule has 1 aromatic rings. The summed E-state index contributed by atoms with van der Waals surface area (Å²) in [6.07, 6.45) is 5.62. The normalized spacial score (nSPS) is 12.9. The molecule has 0 bridgehead atoms. The maximum atomic E-state index is 5.54. The first kappa shape index (κ1) is 11.1. The number of hydrogen-bond donors (Lipinski definition) is 0. The topological polar surface area (TPSA) is 12.4 Å². The second kappa shape index (κ2) is 7.42. The monoisotopic (exact) mass is 223 g/mol. The van der Waals surface area contributed by atoms with Crippen LogP contribution in [0.15, 0.2) is 59.1 Å². The average Bonchev–Trinajstić information content (AvgIpc) is 2.51. The smallest absolute Gasteiger partial charge is 0.0638 e. The van der Waals surface area contributed by atoms with E-state index in [0.29, 0.717) is 0 Å². The molecule has 0 radical (unpaired) electrons. The summed E-state index contributed by atoms with van der Waals surface area (Å²) in [6.45, 7) is 0. The van der Waals surface area contributed by atoms with Gasteiger partial charge in [-0.05, 0) is 23.6 Å². The van der Waals surface area contributed by atoms with E-state index in [1.807, 2.05) is 47.9 Å². The Hall–Kier alpha value is -0.990. The Balaban J connectivity index is 0.000000140. The minimum atomic E-state index is 0.794. The van der Waals surface area contributed by atoms with Gasteiger partial charge in [0.05, 0.1) is 5.55 Å². The van der Waals surface area contributed by atoms with Gasteiger partial charge in [-0.15, -0.1) is 0 Å². The molecule has 0 fully saturated rings. The lowest BCUT2D eigenvalue weighted by atomic mass is 10.4. The fourth-order valence-electron chi connectivity index (χ4n) is 0.710. The Morgan fingerprint density at radius 2 is 1.86 bits per heavy atom. The Morgan fingerprint density at radius 1 is 1.07 bits per heavy atom. The fraction of sp³-hybridized carbons (Fsp3) is 0. The summed E-state index contributed by atoms with van der Waals surface area (Å²) in [5, 5.41) is 2.77. The van der Waals surface area contributed by atoms with E-state index in [9.17, 15) is 0 Å². The van der Waals surface area contributed by atoms with Crippen LogP contribution in [0.3, 0.4) is 0 Å². The van der Waals surface area contributed by atoms with E-state index in [0.717, 1.165) is 5.02 Å². The van der Waals surface area contributed by atoms with E-state index in [1.54, 1.807) is 23.5 Å². The molecule has 14 heavy (non-hydrogen) atoms. The van der Waals surface area contributed by atoms with Crippen molar-refractivity contribution in [1.29, 1.82) is 0 Å². The lowest BCUT2D eigenvalue weighted by molar-refractivity contribution is 1.62. The SMILES string of the molecule is C1=CN=CSC=C1.Clc1ccccc1. The number of hydrogen-bond acceptors (Lipinski definition) is 2. The van der Waals surface area contributed by atoms with Crippen LogP contribution in [-0.2, 0) is 0 Å². The fourth-order valence-corrected chi connectivity index (χ4v) is 1.25. The van der Waals surface area contributed by atoms with Crippen molar-refractivity contribution < 1.29 is 0 Å². The van der Waals surface area contributed by atoms with Crippen LogP contribution in [0.4, 0.5) is 0 Å². The standard InChI is InChI=1S/C6H5Cl.C5H5NS/c7-6-4-2-1-3-5-6;1-2-4-7-5-6-3-1/h2*1-5H. The molecule has 2 rings (SSSR count). The van der Waals surface area contributed by atoms with Crippen molar-refractivity contribution >= 4 is 28.9 Å². The van der Waals surface area contributed by atoms with Gasteiger partial charge in [0.15, 0.2) is 0 Å². The second-order valence-corrected chi connectivity index (χ2v) is 3.55. The third-order valence-electron chi connectivity index (χ3n) is 1.30. The lowest BCUT2D eigenvalue weighted by Crippen LogP contribution is -1.55. The molecule has 0 unspecified atom stereocenters. The van der Waals surface area contributed by atoms with Gasteiger partial charge >= 0.3 is 0 Å². The number of benzene rings is 1. The molecule has 0 spiro atoms. The molecule has 72 valence electrons. The highest BCUT2D eigenvalue weighted by molar-refractivity contribution is 8.14. The molecule has 0 aromatic heterocycles. The highest BCUT2D eigenvalue weighted by atomic mass is 35.5. The van der Waals surface area contributed by atoms with E-state index >= 15 is 0 Å².